The van der Waals surface area contributed by atoms with Crippen molar-refractivity contribution < 1.29 is 5.21 Å². The van der Waals surface area contributed by atoms with E-state index in [9.17, 15) is 0 Å². The fourth-order valence-corrected chi connectivity index (χ4v) is 2.47. The standard InChI is InChI=1S/C13H20N4O/c1-3-17(4-2)13-10(12(14)16-18)8-9-6-5-7-11(9)15-13/h8,18H,3-7H2,1-2H3,(H2,14,16). The van der Waals surface area contributed by atoms with Crippen LogP contribution in [0.4, 0.5) is 5.82 Å². The lowest BCUT2D eigenvalue weighted by Crippen LogP contribution is -2.28. The predicted molar refractivity (Wildman–Crippen MR) is 72.3 cm³/mol. The van der Waals surface area contributed by atoms with E-state index in [4.69, 9.17) is 15.9 Å². The number of amidine groups is 1. The number of aromatic nitrogens is 1. The number of hydrogen-bond donors (Lipinski definition) is 2. The Hall–Kier alpha value is -1.78. The molecule has 0 aliphatic heterocycles. The Morgan fingerprint density at radius 2 is 2.17 bits per heavy atom. The van der Waals surface area contributed by atoms with E-state index < -0.39 is 0 Å². The summed E-state index contributed by atoms with van der Waals surface area (Å²) in [5.41, 5.74) is 8.90. The number of hydrogen-bond acceptors (Lipinski definition) is 4. The first-order valence-electron chi connectivity index (χ1n) is 6.46. The van der Waals surface area contributed by atoms with Gasteiger partial charge in [0.15, 0.2) is 5.84 Å². The van der Waals surface area contributed by atoms with Crippen LogP contribution in [0.3, 0.4) is 0 Å². The molecule has 0 spiro atoms. The van der Waals surface area contributed by atoms with Gasteiger partial charge in [-0.25, -0.2) is 4.98 Å². The maximum absolute atomic E-state index is 8.91. The van der Waals surface area contributed by atoms with Crippen molar-refractivity contribution in [3.8, 4) is 0 Å². The number of pyridine rings is 1. The maximum atomic E-state index is 8.91. The summed E-state index contributed by atoms with van der Waals surface area (Å²) in [5.74, 6) is 0.968. The molecule has 1 aromatic rings. The first-order valence-corrected chi connectivity index (χ1v) is 6.46. The van der Waals surface area contributed by atoms with Gasteiger partial charge in [-0.05, 0) is 44.7 Å². The summed E-state index contributed by atoms with van der Waals surface area (Å²) in [4.78, 5) is 6.85. The lowest BCUT2D eigenvalue weighted by atomic mass is 10.1. The van der Waals surface area contributed by atoms with Crippen LogP contribution in [-0.4, -0.2) is 29.1 Å². The van der Waals surface area contributed by atoms with E-state index in [1.807, 2.05) is 6.07 Å². The monoisotopic (exact) mass is 248 g/mol. The molecule has 1 heterocycles. The van der Waals surface area contributed by atoms with Gasteiger partial charge in [0.2, 0.25) is 0 Å². The minimum absolute atomic E-state index is 0.138. The van der Waals surface area contributed by atoms with Crippen molar-refractivity contribution in [2.24, 2.45) is 10.9 Å². The van der Waals surface area contributed by atoms with E-state index >= 15 is 0 Å². The number of nitrogens with zero attached hydrogens (tertiary/aromatic N) is 3. The molecule has 0 saturated heterocycles. The van der Waals surface area contributed by atoms with E-state index in [0.717, 1.165) is 49.4 Å². The number of nitrogens with two attached hydrogens (primary N) is 1. The van der Waals surface area contributed by atoms with Crippen LogP contribution in [0.15, 0.2) is 11.2 Å². The molecule has 1 aromatic heterocycles. The zero-order chi connectivity index (χ0) is 13.1. The summed E-state index contributed by atoms with van der Waals surface area (Å²) in [5, 5.41) is 12.0. The first kappa shape index (κ1) is 12.7. The SMILES string of the molecule is CCN(CC)c1nc2c(cc1C(N)=NO)CCC2. The van der Waals surface area contributed by atoms with Gasteiger partial charge in [0, 0.05) is 18.8 Å². The summed E-state index contributed by atoms with van der Waals surface area (Å²) in [6.07, 6.45) is 3.20. The summed E-state index contributed by atoms with van der Waals surface area (Å²) >= 11 is 0. The number of anilines is 1. The molecule has 2 rings (SSSR count). The Kier molecular flexibility index (Phi) is 3.69. The fourth-order valence-electron chi connectivity index (χ4n) is 2.47. The molecule has 3 N–H and O–H groups in total. The highest BCUT2D eigenvalue weighted by molar-refractivity contribution is 6.01. The highest BCUT2D eigenvalue weighted by atomic mass is 16.4. The summed E-state index contributed by atoms with van der Waals surface area (Å²) in [6.45, 7) is 5.87. The van der Waals surface area contributed by atoms with Crippen LogP contribution in [0.5, 0.6) is 0 Å². The molecule has 5 heteroatoms. The van der Waals surface area contributed by atoms with Crippen molar-refractivity contribution in [3.05, 3.63) is 22.9 Å². The van der Waals surface area contributed by atoms with Crippen molar-refractivity contribution in [2.75, 3.05) is 18.0 Å². The van der Waals surface area contributed by atoms with E-state index in [2.05, 4.69) is 23.9 Å². The van der Waals surface area contributed by atoms with Crippen molar-refractivity contribution >= 4 is 11.7 Å². The van der Waals surface area contributed by atoms with Crippen LogP contribution in [-0.2, 0) is 12.8 Å². The van der Waals surface area contributed by atoms with Gasteiger partial charge < -0.3 is 15.8 Å². The third-order valence-corrected chi connectivity index (χ3v) is 3.48. The third kappa shape index (κ3) is 2.12. The Balaban J connectivity index is 2.54. The average molecular weight is 248 g/mol. The second-order valence-electron chi connectivity index (χ2n) is 4.48. The highest BCUT2D eigenvalue weighted by Gasteiger charge is 2.20. The minimum atomic E-state index is 0.138. The van der Waals surface area contributed by atoms with Gasteiger partial charge in [-0.3, -0.25) is 0 Å². The summed E-state index contributed by atoms with van der Waals surface area (Å²) in [6, 6.07) is 2.03. The second-order valence-corrected chi connectivity index (χ2v) is 4.48. The molecule has 0 radical (unpaired) electrons. The van der Waals surface area contributed by atoms with Gasteiger partial charge >= 0.3 is 0 Å². The van der Waals surface area contributed by atoms with Gasteiger partial charge in [0.1, 0.15) is 5.82 Å². The number of fused-ring (bicyclic) bond motifs is 1. The Bertz CT molecular complexity index is 466. The van der Waals surface area contributed by atoms with Gasteiger partial charge in [-0.1, -0.05) is 5.16 Å². The van der Waals surface area contributed by atoms with Crippen LogP contribution in [0.2, 0.25) is 0 Å². The molecule has 0 bridgehead atoms. The van der Waals surface area contributed by atoms with Crippen molar-refractivity contribution in [2.45, 2.75) is 33.1 Å². The van der Waals surface area contributed by atoms with Crippen LogP contribution in [0, 0.1) is 0 Å². The minimum Gasteiger partial charge on any atom is -0.409 e. The van der Waals surface area contributed by atoms with Crippen LogP contribution >= 0.6 is 0 Å². The van der Waals surface area contributed by atoms with Gasteiger partial charge in [0.25, 0.3) is 0 Å². The maximum Gasteiger partial charge on any atom is 0.173 e. The molecule has 18 heavy (non-hydrogen) atoms. The summed E-state index contributed by atoms with van der Waals surface area (Å²) < 4.78 is 0. The van der Waals surface area contributed by atoms with Crippen LogP contribution < -0.4 is 10.6 Å². The summed E-state index contributed by atoms with van der Waals surface area (Å²) in [7, 11) is 0. The van der Waals surface area contributed by atoms with Crippen molar-refractivity contribution in [1.29, 1.82) is 0 Å². The van der Waals surface area contributed by atoms with Crippen molar-refractivity contribution in [1.82, 2.24) is 4.98 Å². The molecule has 0 aromatic carbocycles. The number of oxime groups is 1. The molecular weight excluding hydrogens is 228 g/mol. The molecule has 0 atom stereocenters. The lowest BCUT2D eigenvalue weighted by Gasteiger charge is -2.23. The van der Waals surface area contributed by atoms with Gasteiger partial charge in [-0.2, -0.15) is 0 Å². The highest BCUT2D eigenvalue weighted by Crippen LogP contribution is 2.27. The van der Waals surface area contributed by atoms with Gasteiger partial charge in [-0.15, -0.1) is 0 Å². The van der Waals surface area contributed by atoms with Crippen molar-refractivity contribution in [3.63, 3.8) is 0 Å². The number of aryl methyl sites for hydroxylation is 2. The molecule has 1 aliphatic rings. The van der Waals surface area contributed by atoms with E-state index in [0.29, 0.717) is 0 Å². The largest absolute Gasteiger partial charge is 0.409 e. The Morgan fingerprint density at radius 1 is 1.44 bits per heavy atom. The van der Waals surface area contributed by atoms with Gasteiger partial charge in [0.05, 0.1) is 5.56 Å². The second kappa shape index (κ2) is 5.25. The smallest absolute Gasteiger partial charge is 0.173 e. The normalized spacial score (nSPS) is 14.7. The Labute approximate surface area is 107 Å². The molecular formula is C13H20N4O. The van der Waals surface area contributed by atoms with E-state index in [1.165, 1.54) is 5.56 Å². The zero-order valence-electron chi connectivity index (χ0n) is 11.0. The van der Waals surface area contributed by atoms with Crippen LogP contribution in [0.1, 0.15) is 37.1 Å². The molecule has 0 unspecified atom stereocenters. The predicted octanol–water partition coefficient (Wildman–Crippen LogP) is 1.51. The lowest BCUT2D eigenvalue weighted by molar-refractivity contribution is 0.318. The molecule has 5 nitrogen and oxygen atoms in total. The van der Waals surface area contributed by atoms with E-state index in [-0.39, 0.29) is 5.84 Å². The molecule has 0 fully saturated rings. The molecule has 1 aliphatic carbocycles. The van der Waals surface area contributed by atoms with Crippen LogP contribution in [0.25, 0.3) is 0 Å². The molecule has 98 valence electrons. The first-order chi connectivity index (χ1) is 8.71. The fraction of sp³-hybridized carbons (Fsp3) is 0.538. The number of rotatable bonds is 4. The topological polar surface area (TPSA) is 74.7 Å². The zero-order valence-corrected chi connectivity index (χ0v) is 11.0. The molecule has 0 saturated carbocycles. The third-order valence-electron chi connectivity index (χ3n) is 3.48. The molecule has 0 amide bonds. The Morgan fingerprint density at radius 3 is 2.78 bits per heavy atom. The van der Waals surface area contributed by atoms with E-state index in [1.54, 1.807) is 0 Å². The average Bonchev–Trinajstić information content (AvgIpc) is 2.85. The quantitative estimate of drug-likeness (QED) is 0.366.